The molecule has 1 saturated heterocycles. The van der Waals surface area contributed by atoms with E-state index < -0.39 is 23.4 Å². The predicted octanol–water partition coefficient (Wildman–Crippen LogP) is 1.67. The molecule has 0 saturated carbocycles. The topological polar surface area (TPSA) is 91.4 Å². The van der Waals surface area contributed by atoms with Crippen molar-refractivity contribution in [3.63, 3.8) is 0 Å². The molecule has 0 bridgehead atoms. The fraction of sp³-hybridized carbons (Fsp3) is 0.176. The summed E-state index contributed by atoms with van der Waals surface area (Å²) in [5.74, 6) is -0.952. The molecule has 2 N–H and O–H groups in total. The van der Waals surface area contributed by atoms with Gasteiger partial charge in [-0.05, 0) is 24.6 Å². The van der Waals surface area contributed by atoms with Gasteiger partial charge >= 0.3 is 6.03 Å². The van der Waals surface area contributed by atoms with E-state index in [0.717, 1.165) is 5.01 Å². The number of aromatic nitrogens is 1. The molecule has 25 heavy (non-hydrogen) atoms. The van der Waals surface area contributed by atoms with Crippen molar-refractivity contribution in [1.29, 1.82) is 0 Å². The lowest BCUT2D eigenvalue weighted by Crippen LogP contribution is -2.48. The molecule has 3 rings (SSSR count). The van der Waals surface area contributed by atoms with Crippen LogP contribution in [0.3, 0.4) is 0 Å². The van der Waals surface area contributed by atoms with Gasteiger partial charge in [-0.1, -0.05) is 48.2 Å². The van der Waals surface area contributed by atoms with Crippen LogP contribution in [0.5, 0.6) is 0 Å². The van der Waals surface area contributed by atoms with Crippen LogP contribution in [0, 0.1) is 0 Å². The third kappa shape index (κ3) is 3.48. The molecule has 128 valence electrons. The number of carbonyl (C=O) groups is 3. The number of urea groups is 1. The van der Waals surface area contributed by atoms with Crippen LogP contribution in [0.25, 0.3) is 0 Å². The SMILES string of the molecule is C[C@]1(c2ccccc2)NC(=O)N(NC(=O)CSc2ccccn2)C1=O. The molecule has 8 heteroatoms. The Morgan fingerprint density at radius 1 is 1.20 bits per heavy atom. The van der Waals surface area contributed by atoms with Crippen molar-refractivity contribution in [3.8, 4) is 0 Å². The molecule has 0 spiro atoms. The molecule has 1 aromatic carbocycles. The first-order chi connectivity index (χ1) is 12.0. The zero-order valence-corrected chi connectivity index (χ0v) is 14.2. The maximum atomic E-state index is 12.7. The molecule has 4 amide bonds. The summed E-state index contributed by atoms with van der Waals surface area (Å²) in [6, 6.07) is 13.6. The number of pyridine rings is 1. The van der Waals surface area contributed by atoms with Crippen LogP contribution in [0.1, 0.15) is 12.5 Å². The molecule has 0 aliphatic carbocycles. The molecule has 1 atom stereocenters. The standard InChI is InChI=1S/C17H16N4O3S/c1-17(12-7-3-2-4-8-12)15(23)21(16(24)19-17)20-13(22)11-25-14-9-5-6-10-18-14/h2-10H,11H2,1H3,(H,19,24)(H,20,22)/t17-/m1/s1. The van der Waals surface area contributed by atoms with Crippen LogP contribution in [-0.4, -0.2) is 33.6 Å². The van der Waals surface area contributed by atoms with Gasteiger partial charge < -0.3 is 5.32 Å². The lowest BCUT2D eigenvalue weighted by atomic mass is 9.92. The van der Waals surface area contributed by atoms with Crippen LogP contribution >= 0.6 is 11.8 Å². The Morgan fingerprint density at radius 3 is 2.60 bits per heavy atom. The molecular formula is C17H16N4O3S. The van der Waals surface area contributed by atoms with E-state index in [-0.39, 0.29) is 5.75 Å². The number of thioether (sulfide) groups is 1. The van der Waals surface area contributed by atoms with Gasteiger partial charge in [0.25, 0.3) is 5.91 Å². The minimum Gasteiger partial charge on any atom is -0.318 e. The summed E-state index contributed by atoms with van der Waals surface area (Å²) in [4.78, 5) is 41.0. The summed E-state index contributed by atoms with van der Waals surface area (Å²) in [6.45, 7) is 1.61. The van der Waals surface area contributed by atoms with Crippen LogP contribution in [0.15, 0.2) is 59.8 Å². The van der Waals surface area contributed by atoms with E-state index in [1.54, 1.807) is 49.5 Å². The molecule has 2 aromatic rings. The largest absolute Gasteiger partial charge is 0.344 e. The minimum absolute atomic E-state index is 0.0378. The van der Waals surface area contributed by atoms with Gasteiger partial charge in [-0.25, -0.2) is 9.78 Å². The summed E-state index contributed by atoms with van der Waals surface area (Å²) >= 11 is 1.22. The molecule has 0 unspecified atom stereocenters. The van der Waals surface area contributed by atoms with Gasteiger partial charge in [-0.15, -0.1) is 0 Å². The normalized spacial score (nSPS) is 19.6. The van der Waals surface area contributed by atoms with Crippen LogP contribution in [-0.2, 0) is 15.1 Å². The van der Waals surface area contributed by atoms with Gasteiger partial charge in [-0.3, -0.25) is 15.0 Å². The molecule has 2 heterocycles. The molecule has 1 aromatic heterocycles. The Kier molecular flexibility index (Phi) is 4.71. The first kappa shape index (κ1) is 17.0. The number of imide groups is 1. The number of hydrazine groups is 1. The number of rotatable bonds is 5. The second kappa shape index (κ2) is 6.94. The van der Waals surface area contributed by atoms with Gasteiger partial charge in [0.2, 0.25) is 5.91 Å². The van der Waals surface area contributed by atoms with Gasteiger partial charge in [0, 0.05) is 6.20 Å². The summed E-state index contributed by atoms with van der Waals surface area (Å²) in [6.07, 6.45) is 1.63. The third-order valence-corrected chi connectivity index (χ3v) is 4.71. The number of nitrogens with one attached hydrogen (secondary N) is 2. The summed E-state index contributed by atoms with van der Waals surface area (Å²) in [5, 5.41) is 4.04. The highest BCUT2D eigenvalue weighted by Gasteiger charge is 2.49. The Hall–Kier alpha value is -2.87. The third-order valence-electron chi connectivity index (χ3n) is 3.77. The maximum absolute atomic E-state index is 12.7. The summed E-state index contributed by atoms with van der Waals surface area (Å²) in [7, 11) is 0. The van der Waals surface area contributed by atoms with E-state index >= 15 is 0 Å². The highest BCUT2D eigenvalue weighted by Crippen LogP contribution is 2.27. The zero-order valence-electron chi connectivity index (χ0n) is 13.4. The molecule has 1 fully saturated rings. The summed E-state index contributed by atoms with van der Waals surface area (Å²) in [5.41, 5.74) is 1.80. The van der Waals surface area contributed by atoms with E-state index in [9.17, 15) is 14.4 Å². The molecule has 1 aliphatic rings. The van der Waals surface area contributed by atoms with E-state index in [2.05, 4.69) is 15.7 Å². The first-order valence-electron chi connectivity index (χ1n) is 7.56. The fourth-order valence-electron chi connectivity index (χ4n) is 2.44. The lowest BCUT2D eigenvalue weighted by molar-refractivity contribution is -0.138. The Morgan fingerprint density at radius 2 is 1.92 bits per heavy atom. The Labute approximate surface area is 148 Å². The van der Waals surface area contributed by atoms with Crippen molar-refractivity contribution in [3.05, 3.63) is 60.3 Å². The van der Waals surface area contributed by atoms with Gasteiger partial charge in [0.05, 0.1) is 10.8 Å². The van der Waals surface area contributed by atoms with Crippen LogP contribution in [0.2, 0.25) is 0 Å². The van der Waals surface area contributed by atoms with Crippen molar-refractivity contribution < 1.29 is 14.4 Å². The van der Waals surface area contributed by atoms with E-state index in [0.29, 0.717) is 10.6 Å². The van der Waals surface area contributed by atoms with E-state index in [1.165, 1.54) is 11.8 Å². The fourth-order valence-corrected chi connectivity index (χ4v) is 3.09. The quantitative estimate of drug-likeness (QED) is 0.628. The van der Waals surface area contributed by atoms with Crippen LogP contribution < -0.4 is 10.7 Å². The lowest BCUT2D eigenvalue weighted by Gasteiger charge is -2.22. The Bertz CT molecular complexity index is 800. The number of benzene rings is 1. The Balaban J connectivity index is 1.66. The second-order valence-corrected chi connectivity index (χ2v) is 6.55. The highest BCUT2D eigenvalue weighted by atomic mass is 32.2. The average Bonchev–Trinajstić information content (AvgIpc) is 2.86. The van der Waals surface area contributed by atoms with E-state index in [1.807, 2.05) is 12.1 Å². The minimum atomic E-state index is -1.21. The molecule has 1 aliphatic heterocycles. The molecular weight excluding hydrogens is 340 g/mol. The maximum Gasteiger partial charge on any atom is 0.344 e. The number of amides is 4. The van der Waals surface area contributed by atoms with Crippen molar-refractivity contribution in [2.45, 2.75) is 17.5 Å². The molecule has 0 radical (unpaired) electrons. The van der Waals surface area contributed by atoms with Gasteiger partial charge in [0.15, 0.2) is 0 Å². The number of carbonyl (C=O) groups excluding carboxylic acids is 3. The van der Waals surface area contributed by atoms with Crippen molar-refractivity contribution in [2.24, 2.45) is 0 Å². The van der Waals surface area contributed by atoms with E-state index in [4.69, 9.17) is 0 Å². The average molecular weight is 356 g/mol. The smallest absolute Gasteiger partial charge is 0.318 e. The second-order valence-electron chi connectivity index (χ2n) is 5.55. The predicted molar refractivity (Wildman–Crippen MR) is 92.3 cm³/mol. The van der Waals surface area contributed by atoms with Crippen molar-refractivity contribution >= 4 is 29.6 Å². The number of hydrogen-bond acceptors (Lipinski definition) is 5. The highest BCUT2D eigenvalue weighted by molar-refractivity contribution is 7.99. The zero-order chi connectivity index (χ0) is 17.9. The summed E-state index contributed by atoms with van der Waals surface area (Å²) < 4.78 is 0. The monoisotopic (exact) mass is 356 g/mol. The van der Waals surface area contributed by atoms with Crippen molar-refractivity contribution in [1.82, 2.24) is 20.7 Å². The van der Waals surface area contributed by atoms with Gasteiger partial charge in [-0.2, -0.15) is 5.01 Å². The van der Waals surface area contributed by atoms with Gasteiger partial charge in [0.1, 0.15) is 5.54 Å². The number of hydrogen-bond donors (Lipinski definition) is 2. The van der Waals surface area contributed by atoms with Crippen LogP contribution in [0.4, 0.5) is 4.79 Å². The number of nitrogens with zero attached hydrogens (tertiary/aromatic N) is 2. The molecule has 7 nitrogen and oxygen atoms in total. The first-order valence-corrected chi connectivity index (χ1v) is 8.55. The van der Waals surface area contributed by atoms with Crippen molar-refractivity contribution in [2.75, 3.05) is 5.75 Å².